The molecule has 0 atom stereocenters. The van der Waals surface area contributed by atoms with Gasteiger partial charge in [-0.1, -0.05) is 6.92 Å². The Balaban J connectivity index is 1.95. The van der Waals surface area contributed by atoms with Crippen molar-refractivity contribution in [3.63, 3.8) is 0 Å². The first-order valence-corrected chi connectivity index (χ1v) is 6.36. The van der Waals surface area contributed by atoms with Gasteiger partial charge in [0.25, 0.3) is 0 Å². The molecule has 0 spiro atoms. The summed E-state index contributed by atoms with van der Waals surface area (Å²) in [5, 5.41) is 6.70. The lowest BCUT2D eigenvalue weighted by Crippen LogP contribution is -2.13. The standard InChI is InChI=1S/C13H16F3N3O/c1-2-4-17-7-10-6-11(20-9-10)8-19-5-3-12(18-19)13(14,15)16/h3,5-6,9,17H,2,4,7-8H2,1H3. The Bertz CT molecular complexity index is 545. The van der Waals surface area contributed by atoms with Gasteiger partial charge in [-0.25, -0.2) is 0 Å². The van der Waals surface area contributed by atoms with E-state index in [-0.39, 0.29) is 6.54 Å². The van der Waals surface area contributed by atoms with Gasteiger partial charge in [0, 0.05) is 18.3 Å². The third kappa shape index (κ3) is 3.86. The summed E-state index contributed by atoms with van der Waals surface area (Å²) < 4.78 is 43.8. The van der Waals surface area contributed by atoms with Gasteiger partial charge < -0.3 is 9.73 Å². The Morgan fingerprint density at radius 3 is 2.85 bits per heavy atom. The molecule has 4 nitrogen and oxygen atoms in total. The topological polar surface area (TPSA) is 43.0 Å². The van der Waals surface area contributed by atoms with Crippen LogP contribution in [0.5, 0.6) is 0 Å². The molecule has 0 saturated heterocycles. The number of hydrogen-bond acceptors (Lipinski definition) is 3. The third-order valence-corrected chi connectivity index (χ3v) is 2.71. The van der Waals surface area contributed by atoms with E-state index in [1.807, 2.05) is 6.07 Å². The molecule has 0 aliphatic rings. The van der Waals surface area contributed by atoms with Crippen LogP contribution in [0.15, 0.2) is 29.0 Å². The first kappa shape index (κ1) is 14.6. The van der Waals surface area contributed by atoms with Crippen LogP contribution in [0.1, 0.15) is 30.4 Å². The first-order valence-electron chi connectivity index (χ1n) is 6.36. The predicted octanol–water partition coefficient (Wildman–Crippen LogP) is 3.04. The summed E-state index contributed by atoms with van der Waals surface area (Å²) in [4.78, 5) is 0. The van der Waals surface area contributed by atoms with E-state index in [0.29, 0.717) is 12.3 Å². The molecule has 0 aromatic carbocycles. The van der Waals surface area contributed by atoms with E-state index in [9.17, 15) is 13.2 Å². The van der Waals surface area contributed by atoms with Crippen LogP contribution >= 0.6 is 0 Å². The van der Waals surface area contributed by atoms with Crippen LogP contribution in [0, 0.1) is 0 Å². The molecular weight excluding hydrogens is 271 g/mol. The summed E-state index contributed by atoms with van der Waals surface area (Å²) >= 11 is 0. The van der Waals surface area contributed by atoms with Gasteiger partial charge in [-0.15, -0.1) is 0 Å². The number of halogens is 3. The fraction of sp³-hybridized carbons (Fsp3) is 0.462. The number of rotatable bonds is 6. The van der Waals surface area contributed by atoms with Crippen molar-refractivity contribution >= 4 is 0 Å². The monoisotopic (exact) mass is 287 g/mol. The summed E-state index contributed by atoms with van der Waals surface area (Å²) in [6, 6.07) is 2.77. The maximum atomic E-state index is 12.4. The predicted molar refractivity (Wildman–Crippen MR) is 67.0 cm³/mol. The highest BCUT2D eigenvalue weighted by molar-refractivity contribution is 5.13. The highest BCUT2D eigenvalue weighted by Crippen LogP contribution is 2.27. The summed E-state index contributed by atoms with van der Waals surface area (Å²) in [6.45, 7) is 3.85. The molecule has 2 heterocycles. The van der Waals surface area contributed by atoms with Crippen molar-refractivity contribution in [2.45, 2.75) is 32.6 Å². The fourth-order valence-electron chi connectivity index (χ4n) is 1.77. The van der Waals surface area contributed by atoms with Crippen molar-refractivity contribution in [1.29, 1.82) is 0 Å². The molecule has 2 rings (SSSR count). The fourth-order valence-corrected chi connectivity index (χ4v) is 1.77. The minimum Gasteiger partial charge on any atom is -0.467 e. The van der Waals surface area contributed by atoms with E-state index in [1.54, 1.807) is 6.26 Å². The Morgan fingerprint density at radius 2 is 2.20 bits per heavy atom. The van der Waals surface area contributed by atoms with E-state index >= 15 is 0 Å². The number of hydrogen-bond donors (Lipinski definition) is 1. The molecule has 7 heteroatoms. The number of nitrogens with zero attached hydrogens (tertiary/aromatic N) is 2. The average Bonchev–Trinajstić information content (AvgIpc) is 2.99. The molecule has 0 bridgehead atoms. The van der Waals surface area contributed by atoms with Crippen molar-refractivity contribution in [3.8, 4) is 0 Å². The minimum absolute atomic E-state index is 0.184. The second-order valence-corrected chi connectivity index (χ2v) is 4.49. The number of furan rings is 1. The molecule has 0 aliphatic heterocycles. The van der Waals surface area contributed by atoms with Crippen molar-refractivity contribution in [2.75, 3.05) is 6.54 Å². The average molecular weight is 287 g/mol. The lowest BCUT2D eigenvalue weighted by atomic mass is 10.3. The zero-order chi connectivity index (χ0) is 14.6. The van der Waals surface area contributed by atoms with Crippen molar-refractivity contribution in [3.05, 3.63) is 41.6 Å². The van der Waals surface area contributed by atoms with E-state index in [2.05, 4.69) is 17.3 Å². The second kappa shape index (κ2) is 6.13. The number of alkyl halides is 3. The summed E-state index contributed by atoms with van der Waals surface area (Å²) in [5.41, 5.74) is 0.0746. The minimum atomic E-state index is -4.41. The highest BCUT2D eigenvalue weighted by Gasteiger charge is 2.33. The van der Waals surface area contributed by atoms with Crippen molar-refractivity contribution in [1.82, 2.24) is 15.1 Å². The molecule has 110 valence electrons. The molecule has 0 fully saturated rings. The SMILES string of the molecule is CCCNCc1coc(Cn2ccc(C(F)(F)F)n2)c1. The Hall–Kier alpha value is -1.76. The van der Waals surface area contributed by atoms with Crippen LogP contribution in [-0.4, -0.2) is 16.3 Å². The molecule has 0 saturated carbocycles. The summed E-state index contributed by atoms with van der Waals surface area (Å²) in [5.74, 6) is 0.579. The van der Waals surface area contributed by atoms with Crippen LogP contribution in [-0.2, 0) is 19.3 Å². The first-order chi connectivity index (χ1) is 9.49. The highest BCUT2D eigenvalue weighted by atomic mass is 19.4. The quantitative estimate of drug-likeness (QED) is 0.830. The molecular formula is C13H16F3N3O. The molecule has 2 aromatic rings. The van der Waals surface area contributed by atoms with Crippen LogP contribution in [0.2, 0.25) is 0 Å². The maximum absolute atomic E-state index is 12.4. The maximum Gasteiger partial charge on any atom is 0.435 e. The van der Waals surface area contributed by atoms with Crippen LogP contribution < -0.4 is 5.32 Å². The summed E-state index contributed by atoms with van der Waals surface area (Å²) in [6.07, 6.45) is -0.478. The smallest absolute Gasteiger partial charge is 0.435 e. The van der Waals surface area contributed by atoms with Gasteiger partial charge in [-0.05, 0) is 25.1 Å². The Labute approximate surface area is 114 Å². The molecule has 0 aliphatic carbocycles. The van der Waals surface area contributed by atoms with Gasteiger partial charge in [0.15, 0.2) is 5.69 Å². The molecule has 20 heavy (non-hydrogen) atoms. The Kier molecular flexibility index (Phi) is 4.49. The normalized spacial score (nSPS) is 12.0. The van der Waals surface area contributed by atoms with E-state index in [1.165, 1.54) is 10.9 Å². The van der Waals surface area contributed by atoms with Crippen molar-refractivity contribution < 1.29 is 17.6 Å². The van der Waals surface area contributed by atoms with Gasteiger partial charge in [-0.3, -0.25) is 4.68 Å². The molecule has 2 aromatic heterocycles. The van der Waals surface area contributed by atoms with Gasteiger partial charge in [-0.2, -0.15) is 18.3 Å². The zero-order valence-electron chi connectivity index (χ0n) is 11.1. The van der Waals surface area contributed by atoms with Gasteiger partial charge >= 0.3 is 6.18 Å². The van der Waals surface area contributed by atoms with Gasteiger partial charge in [0.05, 0.1) is 12.8 Å². The van der Waals surface area contributed by atoms with Gasteiger partial charge in [0.1, 0.15) is 5.76 Å². The molecule has 0 radical (unpaired) electrons. The van der Waals surface area contributed by atoms with Crippen LogP contribution in [0.4, 0.5) is 13.2 Å². The van der Waals surface area contributed by atoms with E-state index in [0.717, 1.165) is 24.6 Å². The number of nitrogens with one attached hydrogen (secondary N) is 1. The van der Waals surface area contributed by atoms with Crippen LogP contribution in [0.25, 0.3) is 0 Å². The van der Waals surface area contributed by atoms with Gasteiger partial charge in [0.2, 0.25) is 0 Å². The summed E-state index contributed by atoms with van der Waals surface area (Å²) in [7, 11) is 0. The lowest BCUT2D eigenvalue weighted by Gasteiger charge is -2.01. The van der Waals surface area contributed by atoms with E-state index in [4.69, 9.17) is 4.42 Å². The van der Waals surface area contributed by atoms with Crippen LogP contribution in [0.3, 0.4) is 0 Å². The largest absolute Gasteiger partial charge is 0.467 e. The third-order valence-electron chi connectivity index (χ3n) is 2.71. The molecule has 0 unspecified atom stereocenters. The molecule has 0 amide bonds. The van der Waals surface area contributed by atoms with E-state index < -0.39 is 11.9 Å². The second-order valence-electron chi connectivity index (χ2n) is 4.49. The molecule has 1 N–H and O–H groups in total. The Morgan fingerprint density at radius 1 is 1.40 bits per heavy atom. The van der Waals surface area contributed by atoms with Crippen molar-refractivity contribution in [2.24, 2.45) is 0 Å². The number of aromatic nitrogens is 2. The lowest BCUT2D eigenvalue weighted by molar-refractivity contribution is -0.141. The zero-order valence-corrected chi connectivity index (χ0v) is 11.1.